The van der Waals surface area contributed by atoms with E-state index in [-0.39, 0.29) is 5.78 Å². The minimum absolute atomic E-state index is 0.0858. The molecule has 0 radical (unpaired) electrons. The van der Waals surface area contributed by atoms with E-state index in [1.54, 1.807) is 0 Å². The van der Waals surface area contributed by atoms with Gasteiger partial charge in [-0.2, -0.15) is 0 Å². The van der Waals surface area contributed by atoms with Crippen molar-refractivity contribution >= 4 is 11.5 Å². The number of aliphatic hydroxyl groups excluding tert-OH is 1. The zero-order chi connectivity index (χ0) is 15.4. The number of nitrogens with zero attached hydrogens (tertiary/aromatic N) is 1. The Balaban J connectivity index is 1.99. The zero-order valence-electron chi connectivity index (χ0n) is 12.8. The normalized spacial score (nSPS) is 26.3. The summed E-state index contributed by atoms with van der Waals surface area (Å²) in [6.45, 7) is 4.82. The molecule has 0 aromatic heterocycles. The number of carbonyl (C=O) groups excluding carboxylic acids is 1. The van der Waals surface area contributed by atoms with Crippen molar-refractivity contribution in [3.63, 3.8) is 0 Å². The second-order valence-corrected chi connectivity index (χ2v) is 6.21. The van der Waals surface area contributed by atoms with Gasteiger partial charge in [0.2, 0.25) is 0 Å². The molecule has 1 heterocycles. The molecule has 2 unspecified atom stereocenters. The topological polar surface area (TPSA) is 40.5 Å². The van der Waals surface area contributed by atoms with Crippen LogP contribution in [0.1, 0.15) is 36.2 Å². The standard InChI is InChI=1S/C19H19NO2/c1-3-20-17-13-6-4-5-7-14(13)18(21)16(17)12-9-8-11(2)10-15(12)19(20)22/h4-7,9-11,19,22H,3,8H2,1-2H3. The maximum Gasteiger partial charge on any atom is 0.196 e. The Labute approximate surface area is 130 Å². The fraction of sp³-hybridized carbons (Fsp3) is 0.316. The number of carbonyl (C=O) groups is 1. The van der Waals surface area contributed by atoms with Crippen molar-refractivity contribution in [3.05, 3.63) is 64.3 Å². The van der Waals surface area contributed by atoms with Gasteiger partial charge in [0.15, 0.2) is 12.0 Å². The van der Waals surface area contributed by atoms with Crippen LogP contribution in [-0.2, 0) is 0 Å². The van der Waals surface area contributed by atoms with Crippen LogP contribution in [0.2, 0.25) is 0 Å². The Morgan fingerprint density at radius 2 is 2.00 bits per heavy atom. The zero-order valence-corrected chi connectivity index (χ0v) is 12.8. The maximum absolute atomic E-state index is 12.9. The number of fused-ring (bicyclic) bond motifs is 4. The summed E-state index contributed by atoms with van der Waals surface area (Å²) in [5.74, 6) is 0.482. The van der Waals surface area contributed by atoms with E-state index in [4.69, 9.17) is 0 Å². The first kappa shape index (κ1) is 13.5. The lowest BCUT2D eigenvalue weighted by molar-refractivity contribution is 0.0786. The number of benzene rings is 1. The van der Waals surface area contributed by atoms with E-state index in [0.29, 0.717) is 12.5 Å². The summed E-state index contributed by atoms with van der Waals surface area (Å²) in [7, 11) is 0. The predicted octanol–water partition coefficient (Wildman–Crippen LogP) is 3.14. The summed E-state index contributed by atoms with van der Waals surface area (Å²) in [5.41, 5.74) is 5.19. The number of hydrogen-bond acceptors (Lipinski definition) is 3. The van der Waals surface area contributed by atoms with Gasteiger partial charge in [0.1, 0.15) is 0 Å². The lowest BCUT2D eigenvalue weighted by Crippen LogP contribution is -2.40. The monoisotopic (exact) mass is 293 g/mol. The number of ketones is 1. The third-order valence-corrected chi connectivity index (χ3v) is 4.83. The van der Waals surface area contributed by atoms with Crippen LogP contribution in [0, 0.1) is 5.92 Å². The molecule has 0 fully saturated rings. The second-order valence-electron chi connectivity index (χ2n) is 6.21. The molecule has 0 amide bonds. The molecule has 0 saturated heterocycles. The van der Waals surface area contributed by atoms with Crippen LogP contribution in [0.5, 0.6) is 0 Å². The van der Waals surface area contributed by atoms with Gasteiger partial charge in [-0.1, -0.05) is 43.3 Å². The fourth-order valence-corrected chi connectivity index (χ4v) is 3.79. The lowest BCUT2D eigenvalue weighted by atomic mass is 9.82. The molecule has 1 aliphatic heterocycles. The molecule has 3 nitrogen and oxygen atoms in total. The lowest BCUT2D eigenvalue weighted by Gasteiger charge is -2.39. The summed E-state index contributed by atoms with van der Waals surface area (Å²) >= 11 is 0. The summed E-state index contributed by atoms with van der Waals surface area (Å²) in [6, 6.07) is 7.71. The van der Waals surface area contributed by atoms with Gasteiger partial charge in [-0.05, 0) is 24.8 Å². The third kappa shape index (κ3) is 1.63. The van der Waals surface area contributed by atoms with Crippen molar-refractivity contribution in [1.29, 1.82) is 0 Å². The van der Waals surface area contributed by atoms with Gasteiger partial charge in [-0.15, -0.1) is 0 Å². The predicted molar refractivity (Wildman–Crippen MR) is 86.0 cm³/mol. The van der Waals surface area contributed by atoms with Crippen LogP contribution in [0.3, 0.4) is 0 Å². The molecule has 22 heavy (non-hydrogen) atoms. The molecule has 3 heteroatoms. The van der Waals surface area contributed by atoms with Crippen molar-refractivity contribution < 1.29 is 9.90 Å². The van der Waals surface area contributed by atoms with Gasteiger partial charge in [0.05, 0.1) is 11.3 Å². The van der Waals surface area contributed by atoms with E-state index in [1.165, 1.54) is 0 Å². The van der Waals surface area contributed by atoms with Crippen LogP contribution < -0.4 is 0 Å². The van der Waals surface area contributed by atoms with Crippen molar-refractivity contribution in [3.8, 4) is 0 Å². The maximum atomic E-state index is 12.9. The van der Waals surface area contributed by atoms with Gasteiger partial charge in [-0.3, -0.25) is 4.79 Å². The molecule has 0 saturated carbocycles. The highest BCUT2D eigenvalue weighted by molar-refractivity contribution is 6.24. The first-order valence-electron chi connectivity index (χ1n) is 7.89. The van der Waals surface area contributed by atoms with Crippen molar-refractivity contribution in [2.75, 3.05) is 6.54 Å². The molecule has 112 valence electrons. The average molecular weight is 293 g/mol. The van der Waals surface area contributed by atoms with Crippen LogP contribution in [0.25, 0.3) is 5.70 Å². The number of rotatable bonds is 1. The van der Waals surface area contributed by atoms with E-state index >= 15 is 0 Å². The Kier molecular flexibility index (Phi) is 2.88. The smallest absolute Gasteiger partial charge is 0.196 e. The molecule has 1 aromatic carbocycles. The summed E-state index contributed by atoms with van der Waals surface area (Å²) in [4.78, 5) is 14.8. The van der Waals surface area contributed by atoms with E-state index in [2.05, 4.69) is 19.1 Å². The van der Waals surface area contributed by atoms with Gasteiger partial charge in [0.25, 0.3) is 0 Å². The molecule has 3 aliphatic rings. The summed E-state index contributed by atoms with van der Waals surface area (Å²) in [6.07, 6.45) is 4.48. The molecular formula is C19H19NO2. The van der Waals surface area contributed by atoms with Crippen molar-refractivity contribution in [2.24, 2.45) is 5.92 Å². The molecule has 0 spiro atoms. The highest BCUT2D eigenvalue weighted by Crippen LogP contribution is 2.47. The molecule has 1 aromatic rings. The van der Waals surface area contributed by atoms with Crippen molar-refractivity contribution in [2.45, 2.75) is 26.5 Å². The molecule has 2 aliphatic carbocycles. The molecule has 1 N–H and O–H groups in total. The fourth-order valence-electron chi connectivity index (χ4n) is 3.79. The molecule has 2 atom stereocenters. The summed E-state index contributed by atoms with van der Waals surface area (Å²) < 4.78 is 0. The first-order valence-corrected chi connectivity index (χ1v) is 7.89. The molecule has 4 rings (SSSR count). The average Bonchev–Trinajstić information content (AvgIpc) is 2.82. The number of aliphatic hydroxyl groups is 1. The van der Waals surface area contributed by atoms with E-state index in [9.17, 15) is 9.90 Å². The Hall–Kier alpha value is -2.13. The SMILES string of the molecule is CCN1C2=C(C(=O)c3ccccc32)C2=CCC(C)C=C2C1O. The first-order chi connectivity index (χ1) is 10.6. The number of hydrogen-bond donors (Lipinski definition) is 1. The van der Waals surface area contributed by atoms with Crippen LogP contribution >= 0.6 is 0 Å². The number of Topliss-reactive ketones (excluding diaryl/α,β-unsaturated/α-hetero) is 1. The largest absolute Gasteiger partial charge is 0.369 e. The van der Waals surface area contributed by atoms with Crippen LogP contribution in [0.15, 0.2) is 53.1 Å². The summed E-state index contributed by atoms with van der Waals surface area (Å²) in [5, 5.41) is 10.8. The Morgan fingerprint density at radius 3 is 2.73 bits per heavy atom. The van der Waals surface area contributed by atoms with Crippen LogP contribution in [-0.4, -0.2) is 28.6 Å². The highest BCUT2D eigenvalue weighted by Gasteiger charge is 2.42. The Morgan fingerprint density at radius 1 is 1.27 bits per heavy atom. The van der Waals surface area contributed by atoms with Gasteiger partial charge < -0.3 is 10.0 Å². The van der Waals surface area contributed by atoms with Gasteiger partial charge >= 0.3 is 0 Å². The second kappa shape index (κ2) is 4.68. The van der Waals surface area contributed by atoms with E-state index < -0.39 is 6.23 Å². The third-order valence-electron chi connectivity index (χ3n) is 4.83. The van der Waals surface area contributed by atoms with E-state index in [1.807, 2.05) is 36.1 Å². The quantitative estimate of drug-likeness (QED) is 0.864. The van der Waals surface area contributed by atoms with E-state index in [0.717, 1.165) is 40.0 Å². The Bertz CT molecular complexity index is 769. The van der Waals surface area contributed by atoms with Crippen LogP contribution in [0.4, 0.5) is 0 Å². The van der Waals surface area contributed by atoms with Gasteiger partial charge in [0, 0.05) is 23.2 Å². The highest BCUT2D eigenvalue weighted by atomic mass is 16.3. The molecular weight excluding hydrogens is 274 g/mol. The van der Waals surface area contributed by atoms with Gasteiger partial charge in [-0.25, -0.2) is 0 Å². The minimum atomic E-state index is -0.670. The number of likely N-dealkylation sites (N-methyl/N-ethyl adjacent to an activating group) is 1. The number of allylic oxidation sites excluding steroid dienone is 3. The molecule has 0 bridgehead atoms. The minimum Gasteiger partial charge on any atom is -0.369 e. The van der Waals surface area contributed by atoms with Crippen molar-refractivity contribution in [1.82, 2.24) is 4.90 Å².